The monoisotopic (exact) mass is 760 g/mol. The van der Waals surface area contributed by atoms with Gasteiger partial charge in [0.1, 0.15) is 6.10 Å². The third-order valence-electron chi connectivity index (χ3n) is 16.8. The molecule has 8 nitrogen and oxygen atoms in total. The summed E-state index contributed by atoms with van der Waals surface area (Å²) in [5.74, 6) is -0.237. The number of carboxylic acid groups (broad SMARTS) is 1. The zero-order valence-corrected chi connectivity index (χ0v) is 35.4. The lowest BCUT2D eigenvalue weighted by Gasteiger charge is -2.72. The highest BCUT2D eigenvalue weighted by Gasteiger charge is 2.71. The average molecular weight is 760 g/mol. The number of hydrogen-bond acceptors (Lipinski definition) is 6. The average Bonchev–Trinajstić information content (AvgIpc) is 3.42. The van der Waals surface area contributed by atoms with Crippen LogP contribution in [0.25, 0.3) is 0 Å². The molecular formula is C47H69NO7. The Balaban J connectivity index is 1.30. The lowest BCUT2D eigenvalue weighted by Crippen LogP contribution is -2.66. The number of aliphatic hydroxyl groups is 1. The molecule has 1 amide bonds. The Morgan fingerprint density at radius 3 is 2.20 bits per heavy atom. The van der Waals surface area contributed by atoms with E-state index in [0.717, 1.165) is 62.5 Å². The summed E-state index contributed by atoms with van der Waals surface area (Å²) in [7, 11) is 0. The quantitative estimate of drug-likeness (QED) is 0.216. The minimum absolute atomic E-state index is 0.00162. The van der Waals surface area contributed by atoms with Gasteiger partial charge in [0.25, 0.3) is 0 Å². The van der Waals surface area contributed by atoms with E-state index in [1.165, 1.54) is 5.57 Å². The SMILES string of the molecule is CCC(=O)N(Cc1ccccc1)CC(O)C12CC[C@]3(C)[C@H](CC[C@@H]4[C@@]5(C)CC[C@H](OC(=O)CC(C)(C)C(=O)O)C(C)(C)[C@@H]5CC[C@]43C)C1=C(C(C)C)C(=O)C2. The van der Waals surface area contributed by atoms with Gasteiger partial charge >= 0.3 is 11.9 Å². The highest BCUT2D eigenvalue weighted by Crippen LogP contribution is 2.77. The smallest absolute Gasteiger partial charge is 0.309 e. The van der Waals surface area contributed by atoms with Crippen molar-refractivity contribution < 1.29 is 34.1 Å². The number of benzene rings is 1. The molecule has 8 heteroatoms. The van der Waals surface area contributed by atoms with Crippen LogP contribution in [0.3, 0.4) is 0 Å². The Labute approximate surface area is 330 Å². The number of amides is 1. The van der Waals surface area contributed by atoms with Gasteiger partial charge in [0.05, 0.1) is 17.9 Å². The number of esters is 1. The van der Waals surface area contributed by atoms with Crippen LogP contribution in [0, 0.1) is 56.2 Å². The molecule has 0 heterocycles. The number of nitrogens with zero attached hydrogens (tertiary/aromatic N) is 1. The maximum absolute atomic E-state index is 14.2. The first-order valence-corrected chi connectivity index (χ1v) is 21.3. The van der Waals surface area contributed by atoms with Crippen molar-refractivity contribution in [2.45, 2.75) is 159 Å². The van der Waals surface area contributed by atoms with Crippen molar-refractivity contribution in [2.24, 2.45) is 56.2 Å². The maximum atomic E-state index is 14.2. The van der Waals surface area contributed by atoms with Crippen molar-refractivity contribution >= 4 is 23.6 Å². The molecule has 0 aromatic heterocycles. The largest absolute Gasteiger partial charge is 0.481 e. The number of Topliss-reactive ketones (excluding diaryl/α,β-unsaturated/α-hetero) is 1. The number of carbonyl (C=O) groups excluding carboxylic acids is 3. The van der Waals surface area contributed by atoms with Crippen molar-refractivity contribution in [3.05, 3.63) is 47.0 Å². The van der Waals surface area contributed by atoms with Crippen LogP contribution in [0.2, 0.25) is 0 Å². The van der Waals surface area contributed by atoms with Crippen LogP contribution in [0.4, 0.5) is 0 Å². The summed E-state index contributed by atoms with van der Waals surface area (Å²) in [6, 6.07) is 9.96. The number of carboxylic acids is 1. The molecular weight excluding hydrogens is 691 g/mol. The van der Waals surface area contributed by atoms with E-state index in [1.807, 2.05) is 37.3 Å². The third-order valence-corrected chi connectivity index (χ3v) is 16.8. The molecule has 0 saturated heterocycles. The summed E-state index contributed by atoms with van der Waals surface area (Å²) >= 11 is 0. The van der Waals surface area contributed by atoms with Crippen LogP contribution >= 0.6 is 0 Å². The number of ether oxygens (including phenoxy) is 1. The molecule has 1 aromatic rings. The molecule has 0 spiro atoms. The molecule has 304 valence electrons. The van der Waals surface area contributed by atoms with Gasteiger partial charge in [-0.15, -0.1) is 0 Å². The molecule has 0 bridgehead atoms. The van der Waals surface area contributed by atoms with E-state index in [2.05, 4.69) is 48.5 Å². The van der Waals surface area contributed by atoms with Crippen LogP contribution in [-0.4, -0.2) is 57.5 Å². The first-order chi connectivity index (χ1) is 25.6. The number of carbonyl (C=O) groups is 4. The second-order valence-corrected chi connectivity index (χ2v) is 20.7. The molecule has 55 heavy (non-hydrogen) atoms. The van der Waals surface area contributed by atoms with Gasteiger partial charge < -0.3 is 19.8 Å². The van der Waals surface area contributed by atoms with E-state index in [0.29, 0.717) is 31.2 Å². The van der Waals surface area contributed by atoms with Crippen LogP contribution in [0.1, 0.15) is 145 Å². The molecule has 5 aliphatic carbocycles. The van der Waals surface area contributed by atoms with E-state index < -0.39 is 28.9 Å². The van der Waals surface area contributed by atoms with Gasteiger partial charge in [-0.25, -0.2) is 0 Å². The summed E-state index contributed by atoms with van der Waals surface area (Å²) in [6.07, 6.45) is 6.86. The zero-order chi connectivity index (χ0) is 40.5. The molecule has 0 radical (unpaired) electrons. The van der Waals surface area contributed by atoms with Crippen molar-refractivity contribution in [3.63, 3.8) is 0 Å². The normalized spacial score (nSPS) is 36.0. The summed E-state index contributed by atoms with van der Waals surface area (Å²) in [6.45, 7) is 22.0. The lowest BCUT2D eigenvalue weighted by molar-refractivity contribution is -0.235. The van der Waals surface area contributed by atoms with E-state index in [1.54, 1.807) is 18.7 Å². The molecule has 4 saturated carbocycles. The lowest BCUT2D eigenvalue weighted by atomic mass is 9.33. The van der Waals surface area contributed by atoms with Gasteiger partial charge in [0.15, 0.2) is 5.78 Å². The Bertz CT molecular complexity index is 1710. The molecule has 0 aliphatic heterocycles. The number of aliphatic carboxylic acids is 1. The number of hydrogen-bond donors (Lipinski definition) is 2. The number of ketones is 1. The molecule has 2 N–H and O–H groups in total. The fourth-order valence-electron chi connectivity index (χ4n) is 13.6. The van der Waals surface area contributed by atoms with Crippen molar-refractivity contribution in [1.82, 2.24) is 4.90 Å². The van der Waals surface area contributed by atoms with Crippen LogP contribution in [0.15, 0.2) is 41.5 Å². The second-order valence-electron chi connectivity index (χ2n) is 20.7. The Morgan fingerprint density at radius 1 is 0.909 bits per heavy atom. The first kappa shape index (κ1) is 41.6. The van der Waals surface area contributed by atoms with Gasteiger partial charge in [-0.2, -0.15) is 0 Å². The van der Waals surface area contributed by atoms with Gasteiger partial charge in [-0.05, 0) is 116 Å². The van der Waals surface area contributed by atoms with Crippen molar-refractivity contribution in [3.8, 4) is 0 Å². The third kappa shape index (κ3) is 6.62. The van der Waals surface area contributed by atoms with E-state index in [4.69, 9.17) is 4.74 Å². The number of rotatable bonds is 11. The van der Waals surface area contributed by atoms with Crippen molar-refractivity contribution in [1.29, 1.82) is 0 Å². The molecule has 9 atom stereocenters. The van der Waals surface area contributed by atoms with Gasteiger partial charge in [0, 0.05) is 36.8 Å². The van der Waals surface area contributed by atoms with Crippen LogP contribution < -0.4 is 0 Å². The Morgan fingerprint density at radius 2 is 1.58 bits per heavy atom. The van der Waals surface area contributed by atoms with E-state index in [9.17, 15) is 29.4 Å². The molecule has 4 fully saturated rings. The summed E-state index contributed by atoms with van der Waals surface area (Å²) in [5.41, 5.74) is 1.00. The fraction of sp³-hybridized carbons (Fsp3) is 0.745. The predicted molar refractivity (Wildman–Crippen MR) is 213 cm³/mol. The zero-order valence-electron chi connectivity index (χ0n) is 35.4. The van der Waals surface area contributed by atoms with Crippen molar-refractivity contribution in [2.75, 3.05) is 6.54 Å². The van der Waals surface area contributed by atoms with Crippen LogP contribution in [0.5, 0.6) is 0 Å². The van der Waals surface area contributed by atoms with Gasteiger partial charge in [-0.1, -0.05) is 91.3 Å². The van der Waals surface area contributed by atoms with Crippen LogP contribution in [-0.2, 0) is 30.5 Å². The molecule has 2 unspecified atom stereocenters. The highest BCUT2D eigenvalue weighted by molar-refractivity contribution is 6.00. The standard InChI is InChI=1S/C47H69NO7/c1-11-37(51)48(27-30-15-13-12-14-16-30)28-35(50)47-24-23-45(9)31(40(47)39(29(2)3)32(49)25-47)17-18-34-44(8)21-20-36(55-38(52)26-42(4,5)41(53)54)43(6,7)33(44)19-22-46(34,45)10/h12-16,29,31,33-36,50H,11,17-28H2,1-10H3,(H,53,54)/t31-,33+,34-,35?,36+,44+,45-,46-,47?/m1/s1. The minimum Gasteiger partial charge on any atom is -0.481 e. The number of aliphatic hydroxyl groups excluding tert-OH is 1. The van der Waals surface area contributed by atoms with Gasteiger partial charge in [-0.3, -0.25) is 19.2 Å². The summed E-state index contributed by atoms with van der Waals surface area (Å²) < 4.78 is 6.17. The highest BCUT2D eigenvalue weighted by atomic mass is 16.5. The molecule has 6 rings (SSSR count). The Kier molecular flexibility index (Phi) is 10.9. The Hall–Kier alpha value is -3.00. The maximum Gasteiger partial charge on any atom is 0.309 e. The van der Waals surface area contributed by atoms with E-state index in [-0.39, 0.29) is 64.3 Å². The predicted octanol–water partition coefficient (Wildman–Crippen LogP) is 9.18. The summed E-state index contributed by atoms with van der Waals surface area (Å²) in [5, 5.41) is 22.1. The number of fused-ring (bicyclic) bond motifs is 7. The molecule has 1 aromatic carbocycles. The van der Waals surface area contributed by atoms with Gasteiger partial charge in [0.2, 0.25) is 5.91 Å². The minimum atomic E-state index is -1.18. The van der Waals surface area contributed by atoms with E-state index >= 15 is 0 Å². The molecule has 5 aliphatic rings. The topological polar surface area (TPSA) is 121 Å². The fourth-order valence-corrected chi connectivity index (χ4v) is 13.6. The second kappa shape index (κ2) is 14.4. The summed E-state index contributed by atoms with van der Waals surface area (Å²) in [4.78, 5) is 54.3. The number of allylic oxidation sites excluding steroid dienone is 1. The first-order valence-electron chi connectivity index (χ1n) is 21.3.